The lowest BCUT2D eigenvalue weighted by atomic mass is 10.1. The van der Waals surface area contributed by atoms with Crippen LogP contribution < -0.4 is 5.73 Å². The van der Waals surface area contributed by atoms with Crippen LogP contribution in [0.15, 0.2) is 30.6 Å². The molecule has 2 aromatic rings. The molecule has 0 fully saturated rings. The third kappa shape index (κ3) is 2.48. The molecule has 2 atom stereocenters. The van der Waals surface area contributed by atoms with E-state index in [0.29, 0.717) is 5.02 Å². The van der Waals surface area contributed by atoms with Crippen LogP contribution in [0, 0.1) is 6.92 Å². The Kier molecular flexibility index (Phi) is 3.45. The highest BCUT2D eigenvalue weighted by Gasteiger charge is 2.21. The molecule has 2 aromatic heterocycles. The summed E-state index contributed by atoms with van der Waals surface area (Å²) in [7, 11) is 0. The molecule has 17 heavy (non-hydrogen) atoms. The smallest absolute Gasteiger partial charge is 0.109 e. The molecule has 2 unspecified atom stereocenters. The zero-order chi connectivity index (χ0) is 12.4. The normalized spacial score (nSPS) is 14.6. The molecule has 0 aliphatic heterocycles. The molecule has 0 amide bonds. The van der Waals surface area contributed by atoms with Gasteiger partial charge in [-0.1, -0.05) is 17.7 Å². The Morgan fingerprint density at radius 1 is 1.41 bits per heavy atom. The van der Waals surface area contributed by atoms with E-state index in [0.717, 1.165) is 11.4 Å². The van der Waals surface area contributed by atoms with E-state index >= 15 is 0 Å². The van der Waals surface area contributed by atoms with Gasteiger partial charge in [-0.15, -0.1) is 0 Å². The number of hydrogen-bond donors (Lipinski definition) is 1. The number of aromatic nitrogens is 3. The van der Waals surface area contributed by atoms with Gasteiger partial charge < -0.3 is 5.73 Å². The highest BCUT2D eigenvalue weighted by Crippen LogP contribution is 2.22. The van der Waals surface area contributed by atoms with Crippen molar-refractivity contribution in [3.63, 3.8) is 0 Å². The second-order valence-corrected chi connectivity index (χ2v) is 4.51. The second-order valence-electron chi connectivity index (χ2n) is 4.10. The maximum atomic E-state index is 6.02. The number of aryl methyl sites for hydroxylation is 1. The van der Waals surface area contributed by atoms with Crippen LogP contribution in [0.2, 0.25) is 5.02 Å². The van der Waals surface area contributed by atoms with Crippen LogP contribution in [0.25, 0.3) is 0 Å². The lowest BCUT2D eigenvalue weighted by Gasteiger charge is -2.20. The quantitative estimate of drug-likeness (QED) is 0.908. The summed E-state index contributed by atoms with van der Waals surface area (Å²) in [5.74, 6) is 0. The van der Waals surface area contributed by atoms with Crippen LogP contribution in [0.1, 0.15) is 24.4 Å². The van der Waals surface area contributed by atoms with Gasteiger partial charge in [-0.05, 0) is 26.0 Å². The fourth-order valence-corrected chi connectivity index (χ4v) is 1.94. The molecule has 2 heterocycles. The molecule has 90 valence electrons. The molecule has 0 bridgehead atoms. The van der Waals surface area contributed by atoms with E-state index in [2.05, 4.69) is 10.1 Å². The maximum Gasteiger partial charge on any atom is 0.109 e. The van der Waals surface area contributed by atoms with Gasteiger partial charge in [-0.25, -0.2) is 0 Å². The van der Waals surface area contributed by atoms with Crippen molar-refractivity contribution in [2.75, 3.05) is 0 Å². The van der Waals surface area contributed by atoms with Crippen LogP contribution in [-0.4, -0.2) is 20.8 Å². The zero-order valence-electron chi connectivity index (χ0n) is 9.84. The fourth-order valence-electron chi connectivity index (χ4n) is 1.80. The Bertz CT molecular complexity index is 473. The van der Waals surface area contributed by atoms with E-state index in [1.807, 2.05) is 32.0 Å². The summed E-state index contributed by atoms with van der Waals surface area (Å²) >= 11 is 6.02. The van der Waals surface area contributed by atoms with Crippen LogP contribution >= 0.6 is 11.6 Å². The summed E-state index contributed by atoms with van der Waals surface area (Å²) in [5.41, 5.74) is 7.71. The standard InChI is InChI=1S/C12H15ClN4/c1-8(14)12(11-5-3-4-6-15-11)17-7-10(13)9(2)16-17/h3-8,12H,14H2,1-2H3. The third-order valence-electron chi connectivity index (χ3n) is 2.63. The first-order chi connectivity index (χ1) is 8.09. The fraction of sp³-hybridized carbons (Fsp3) is 0.333. The third-order valence-corrected chi connectivity index (χ3v) is 3.00. The first-order valence-electron chi connectivity index (χ1n) is 5.47. The highest BCUT2D eigenvalue weighted by molar-refractivity contribution is 6.31. The number of hydrogen-bond acceptors (Lipinski definition) is 3. The van der Waals surface area contributed by atoms with E-state index in [4.69, 9.17) is 17.3 Å². The summed E-state index contributed by atoms with van der Waals surface area (Å²) in [6, 6.07) is 5.57. The van der Waals surface area contributed by atoms with Gasteiger partial charge in [0, 0.05) is 18.4 Å². The van der Waals surface area contributed by atoms with Crippen molar-refractivity contribution in [2.24, 2.45) is 5.73 Å². The summed E-state index contributed by atoms with van der Waals surface area (Å²) < 4.78 is 1.78. The lowest BCUT2D eigenvalue weighted by molar-refractivity contribution is 0.443. The summed E-state index contributed by atoms with van der Waals surface area (Å²) in [6.45, 7) is 3.81. The first kappa shape index (κ1) is 12.1. The molecule has 0 saturated heterocycles. The summed E-state index contributed by atoms with van der Waals surface area (Å²) in [5, 5.41) is 5.02. The SMILES string of the molecule is Cc1nn(C(c2ccccn2)C(C)N)cc1Cl. The van der Waals surface area contributed by atoms with Crippen LogP contribution in [0.3, 0.4) is 0 Å². The average molecular weight is 251 g/mol. The summed E-state index contributed by atoms with van der Waals surface area (Å²) in [4.78, 5) is 4.33. The largest absolute Gasteiger partial charge is 0.326 e. The monoisotopic (exact) mass is 250 g/mol. The van der Waals surface area contributed by atoms with Crippen molar-refractivity contribution in [3.05, 3.63) is 47.0 Å². The van der Waals surface area contributed by atoms with Crippen LogP contribution in [0.4, 0.5) is 0 Å². The molecule has 0 aliphatic rings. The Morgan fingerprint density at radius 2 is 2.18 bits per heavy atom. The van der Waals surface area contributed by atoms with E-state index in [1.54, 1.807) is 17.1 Å². The molecule has 4 nitrogen and oxygen atoms in total. The highest BCUT2D eigenvalue weighted by atomic mass is 35.5. The number of rotatable bonds is 3. The molecule has 0 aliphatic carbocycles. The van der Waals surface area contributed by atoms with Crippen molar-refractivity contribution in [3.8, 4) is 0 Å². The van der Waals surface area contributed by atoms with Crippen molar-refractivity contribution >= 4 is 11.6 Å². The van der Waals surface area contributed by atoms with Crippen molar-refractivity contribution < 1.29 is 0 Å². The Morgan fingerprint density at radius 3 is 2.65 bits per heavy atom. The molecule has 0 aromatic carbocycles. The predicted molar refractivity (Wildman–Crippen MR) is 68.0 cm³/mol. The van der Waals surface area contributed by atoms with Crippen molar-refractivity contribution in [2.45, 2.75) is 25.9 Å². The van der Waals surface area contributed by atoms with Crippen molar-refractivity contribution in [1.29, 1.82) is 0 Å². The summed E-state index contributed by atoms with van der Waals surface area (Å²) in [6.07, 6.45) is 3.54. The Hall–Kier alpha value is -1.39. The van der Waals surface area contributed by atoms with Crippen molar-refractivity contribution in [1.82, 2.24) is 14.8 Å². The van der Waals surface area contributed by atoms with Crippen LogP contribution in [-0.2, 0) is 0 Å². The first-order valence-corrected chi connectivity index (χ1v) is 5.85. The molecular weight excluding hydrogens is 236 g/mol. The van der Waals surface area contributed by atoms with Gasteiger partial charge in [0.15, 0.2) is 0 Å². The minimum Gasteiger partial charge on any atom is -0.326 e. The van der Waals surface area contributed by atoms with E-state index in [-0.39, 0.29) is 12.1 Å². The van der Waals surface area contributed by atoms with E-state index in [9.17, 15) is 0 Å². The number of pyridine rings is 1. The molecule has 2 rings (SSSR count). The lowest BCUT2D eigenvalue weighted by Crippen LogP contribution is -2.31. The molecule has 5 heteroatoms. The maximum absolute atomic E-state index is 6.02. The average Bonchev–Trinajstić information content (AvgIpc) is 2.60. The molecule has 0 saturated carbocycles. The van der Waals surface area contributed by atoms with Crippen LogP contribution in [0.5, 0.6) is 0 Å². The predicted octanol–water partition coefficient (Wildman–Crippen LogP) is 2.18. The van der Waals surface area contributed by atoms with Gasteiger partial charge in [-0.3, -0.25) is 9.67 Å². The molecule has 0 radical (unpaired) electrons. The van der Waals surface area contributed by atoms with Gasteiger partial charge in [0.25, 0.3) is 0 Å². The molecule has 0 spiro atoms. The van der Waals surface area contributed by atoms with E-state index in [1.165, 1.54) is 0 Å². The minimum absolute atomic E-state index is 0.0950. The Balaban J connectivity index is 2.43. The minimum atomic E-state index is -0.0970. The van der Waals surface area contributed by atoms with Gasteiger partial charge in [-0.2, -0.15) is 5.10 Å². The molecular formula is C12H15ClN4. The zero-order valence-corrected chi connectivity index (χ0v) is 10.6. The number of halogens is 1. The van der Waals surface area contributed by atoms with Gasteiger partial charge in [0.1, 0.15) is 6.04 Å². The molecule has 2 N–H and O–H groups in total. The van der Waals surface area contributed by atoms with E-state index < -0.39 is 0 Å². The van der Waals surface area contributed by atoms with Gasteiger partial charge >= 0.3 is 0 Å². The second kappa shape index (κ2) is 4.85. The topological polar surface area (TPSA) is 56.7 Å². The van der Waals surface area contributed by atoms with Gasteiger partial charge in [0.2, 0.25) is 0 Å². The Labute approximate surface area is 105 Å². The number of nitrogens with two attached hydrogens (primary N) is 1. The van der Waals surface area contributed by atoms with Gasteiger partial charge in [0.05, 0.1) is 16.4 Å². The number of nitrogens with zero attached hydrogens (tertiary/aromatic N) is 3.